The molecule has 1 aromatic carbocycles. The van der Waals surface area contributed by atoms with Crippen LogP contribution in [0.15, 0.2) is 18.2 Å². The van der Waals surface area contributed by atoms with Crippen molar-refractivity contribution in [2.75, 3.05) is 36.7 Å². The second-order valence-electron chi connectivity index (χ2n) is 3.57. The summed E-state index contributed by atoms with van der Waals surface area (Å²) in [6.07, 6.45) is 3.12. The van der Waals surface area contributed by atoms with Gasteiger partial charge in [0.1, 0.15) is 0 Å². The van der Waals surface area contributed by atoms with Crippen molar-refractivity contribution >= 4 is 29.1 Å². The summed E-state index contributed by atoms with van der Waals surface area (Å²) in [5.41, 5.74) is 7.47. The fourth-order valence-corrected chi connectivity index (χ4v) is 1.87. The molecule has 0 aromatic heterocycles. The van der Waals surface area contributed by atoms with E-state index in [1.165, 1.54) is 7.11 Å². The zero-order chi connectivity index (χ0) is 12.7. The summed E-state index contributed by atoms with van der Waals surface area (Å²) in [4.78, 5) is 11.6. The van der Waals surface area contributed by atoms with Gasteiger partial charge >= 0.3 is 5.97 Å². The Morgan fingerprint density at radius 2 is 2.29 bits per heavy atom. The van der Waals surface area contributed by atoms with Crippen LogP contribution in [0.4, 0.5) is 11.4 Å². The van der Waals surface area contributed by atoms with Crippen LogP contribution in [0.1, 0.15) is 16.8 Å². The molecule has 0 saturated carbocycles. The van der Waals surface area contributed by atoms with Gasteiger partial charge in [-0.05, 0) is 36.6 Å². The molecule has 0 aliphatic heterocycles. The number of nitrogens with one attached hydrogen (secondary N) is 1. The number of hydrogen-bond donors (Lipinski definition) is 2. The first kappa shape index (κ1) is 13.7. The molecule has 4 nitrogen and oxygen atoms in total. The molecule has 0 amide bonds. The largest absolute Gasteiger partial charge is 0.465 e. The number of nitrogen functional groups attached to an aromatic ring is 1. The third-order valence-electron chi connectivity index (χ3n) is 2.29. The minimum absolute atomic E-state index is 0.371. The maximum Gasteiger partial charge on any atom is 0.340 e. The van der Waals surface area contributed by atoms with Gasteiger partial charge in [-0.25, -0.2) is 4.79 Å². The normalized spacial score (nSPS) is 10.0. The Morgan fingerprint density at radius 3 is 2.94 bits per heavy atom. The summed E-state index contributed by atoms with van der Waals surface area (Å²) >= 11 is 1.80. The molecule has 0 saturated heterocycles. The number of esters is 1. The van der Waals surface area contributed by atoms with Gasteiger partial charge in [0, 0.05) is 17.9 Å². The number of anilines is 2. The predicted molar refractivity (Wildman–Crippen MR) is 73.7 cm³/mol. The number of hydrogen-bond acceptors (Lipinski definition) is 5. The van der Waals surface area contributed by atoms with Crippen molar-refractivity contribution in [1.29, 1.82) is 0 Å². The van der Waals surface area contributed by atoms with Crippen molar-refractivity contribution in [1.82, 2.24) is 0 Å². The molecule has 0 atom stereocenters. The fourth-order valence-electron chi connectivity index (χ4n) is 1.43. The standard InChI is InChI=1S/C12H18N2O2S/c1-16-12(15)10-8-9(13)4-5-11(10)14-6-3-7-17-2/h4-5,8,14H,3,6-7,13H2,1-2H3. The molecular formula is C12H18N2O2S. The van der Waals surface area contributed by atoms with Gasteiger partial charge in [0.15, 0.2) is 0 Å². The summed E-state index contributed by atoms with van der Waals surface area (Å²) < 4.78 is 4.72. The second-order valence-corrected chi connectivity index (χ2v) is 4.56. The molecule has 0 aliphatic rings. The number of carbonyl (C=O) groups is 1. The Balaban J connectivity index is 2.72. The average molecular weight is 254 g/mol. The predicted octanol–water partition coefficient (Wildman–Crippen LogP) is 2.22. The van der Waals surface area contributed by atoms with E-state index in [0.717, 1.165) is 24.4 Å². The molecule has 3 N–H and O–H groups in total. The summed E-state index contributed by atoms with van der Waals surface area (Å²) in [5.74, 6) is 0.722. The van der Waals surface area contributed by atoms with Crippen LogP contribution >= 0.6 is 11.8 Å². The molecule has 17 heavy (non-hydrogen) atoms. The molecule has 0 aliphatic carbocycles. The third-order valence-corrected chi connectivity index (χ3v) is 2.99. The second kappa shape index (κ2) is 7.06. The molecule has 1 rings (SSSR count). The van der Waals surface area contributed by atoms with Gasteiger partial charge in [-0.1, -0.05) is 0 Å². The van der Waals surface area contributed by atoms with Gasteiger partial charge in [0.25, 0.3) is 0 Å². The number of rotatable bonds is 6. The number of nitrogens with two attached hydrogens (primary N) is 1. The first-order chi connectivity index (χ1) is 8.19. The summed E-state index contributed by atoms with van der Waals surface area (Å²) in [5, 5.41) is 3.22. The molecule has 0 unspecified atom stereocenters. The summed E-state index contributed by atoms with van der Waals surface area (Å²) in [6.45, 7) is 0.828. The van der Waals surface area contributed by atoms with E-state index < -0.39 is 0 Å². The smallest absolute Gasteiger partial charge is 0.340 e. The van der Waals surface area contributed by atoms with Crippen LogP contribution in [-0.4, -0.2) is 31.6 Å². The minimum Gasteiger partial charge on any atom is -0.465 e. The van der Waals surface area contributed by atoms with E-state index in [9.17, 15) is 4.79 Å². The Bertz CT molecular complexity index is 383. The first-order valence-electron chi connectivity index (χ1n) is 5.39. The van der Waals surface area contributed by atoms with Gasteiger partial charge in [0.05, 0.1) is 12.7 Å². The van der Waals surface area contributed by atoms with E-state index in [1.54, 1.807) is 30.0 Å². The zero-order valence-corrected chi connectivity index (χ0v) is 11.0. The molecule has 0 heterocycles. The van der Waals surface area contributed by atoms with Crippen LogP contribution < -0.4 is 11.1 Å². The van der Waals surface area contributed by atoms with Crippen molar-refractivity contribution in [3.63, 3.8) is 0 Å². The zero-order valence-electron chi connectivity index (χ0n) is 10.2. The van der Waals surface area contributed by atoms with Gasteiger partial charge in [-0.15, -0.1) is 0 Å². The Morgan fingerprint density at radius 1 is 1.53 bits per heavy atom. The summed E-state index contributed by atoms with van der Waals surface area (Å²) in [6, 6.07) is 5.20. The van der Waals surface area contributed by atoms with Gasteiger partial charge < -0.3 is 15.8 Å². The molecule has 1 aromatic rings. The lowest BCUT2D eigenvalue weighted by Gasteiger charge is -2.11. The molecule has 0 fully saturated rings. The highest BCUT2D eigenvalue weighted by molar-refractivity contribution is 7.98. The highest BCUT2D eigenvalue weighted by atomic mass is 32.2. The lowest BCUT2D eigenvalue weighted by molar-refractivity contribution is 0.0602. The fraction of sp³-hybridized carbons (Fsp3) is 0.417. The topological polar surface area (TPSA) is 64.3 Å². The van der Waals surface area contributed by atoms with E-state index >= 15 is 0 Å². The van der Waals surface area contributed by atoms with Crippen LogP contribution in [0, 0.1) is 0 Å². The first-order valence-corrected chi connectivity index (χ1v) is 6.79. The quantitative estimate of drug-likeness (QED) is 0.463. The number of thioether (sulfide) groups is 1. The Hall–Kier alpha value is -1.36. The molecule has 94 valence electrons. The van der Waals surface area contributed by atoms with Crippen molar-refractivity contribution in [2.45, 2.75) is 6.42 Å². The summed E-state index contributed by atoms with van der Waals surface area (Å²) in [7, 11) is 1.36. The third kappa shape index (κ3) is 4.19. The van der Waals surface area contributed by atoms with E-state index in [0.29, 0.717) is 11.3 Å². The highest BCUT2D eigenvalue weighted by Crippen LogP contribution is 2.19. The molecule has 0 radical (unpaired) electrons. The van der Waals surface area contributed by atoms with Gasteiger partial charge in [-0.2, -0.15) is 11.8 Å². The molecular weight excluding hydrogens is 236 g/mol. The number of methoxy groups -OCH3 is 1. The van der Waals surface area contributed by atoms with Gasteiger partial charge in [0.2, 0.25) is 0 Å². The van der Waals surface area contributed by atoms with E-state index in [2.05, 4.69) is 11.6 Å². The van der Waals surface area contributed by atoms with Crippen LogP contribution in [0.25, 0.3) is 0 Å². The average Bonchev–Trinajstić information content (AvgIpc) is 2.35. The van der Waals surface area contributed by atoms with E-state index in [-0.39, 0.29) is 5.97 Å². The SMILES string of the molecule is COC(=O)c1cc(N)ccc1NCCCSC. The molecule has 0 bridgehead atoms. The van der Waals surface area contributed by atoms with Crippen molar-refractivity contribution in [2.24, 2.45) is 0 Å². The Kier molecular flexibility index (Phi) is 5.69. The van der Waals surface area contributed by atoms with Crippen LogP contribution in [0.3, 0.4) is 0 Å². The van der Waals surface area contributed by atoms with Crippen molar-refractivity contribution < 1.29 is 9.53 Å². The van der Waals surface area contributed by atoms with Crippen LogP contribution in [-0.2, 0) is 4.74 Å². The minimum atomic E-state index is -0.371. The maximum absolute atomic E-state index is 11.6. The highest BCUT2D eigenvalue weighted by Gasteiger charge is 2.11. The Labute approximate surface area is 106 Å². The number of ether oxygens (including phenoxy) is 1. The number of benzene rings is 1. The lowest BCUT2D eigenvalue weighted by atomic mass is 10.1. The van der Waals surface area contributed by atoms with Crippen LogP contribution in [0.5, 0.6) is 0 Å². The van der Waals surface area contributed by atoms with Crippen molar-refractivity contribution in [3.8, 4) is 0 Å². The van der Waals surface area contributed by atoms with Crippen molar-refractivity contribution in [3.05, 3.63) is 23.8 Å². The maximum atomic E-state index is 11.6. The molecule has 0 spiro atoms. The van der Waals surface area contributed by atoms with E-state index in [1.807, 2.05) is 0 Å². The lowest BCUT2D eigenvalue weighted by Crippen LogP contribution is -2.10. The molecule has 5 heteroatoms. The monoisotopic (exact) mass is 254 g/mol. The van der Waals surface area contributed by atoms with Crippen LogP contribution in [0.2, 0.25) is 0 Å². The van der Waals surface area contributed by atoms with Gasteiger partial charge in [-0.3, -0.25) is 0 Å². The number of carbonyl (C=O) groups excluding carboxylic acids is 1. The van der Waals surface area contributed by atoms with E-state index in [4.69, 9.17) is 10.5 Å².